The van der Waals surface area contributed by atoms with Gasteiger partial charge in [0, 0.05) is 11.0 Å². The molecule has 1 N–H and O–H groups in total. The molecule has 5 rings (SSSR count). The maximum atomic E-state index is 13.5. The number of benzene rings is 3. The van der Waals surface area contributed by atoms with Gasteiger partial charge in [-0.3, -0.25) is 0 Å². The normalized spacial score (nSPS) is 17.6. The zero-order chi connectivity index (χ0) is 22.3. The van der Waals surface area contributed by atoms with Gasteiger partial charge in [-0.05, 0) is 53.8 Å². The summed E-state index contributed by atoms with van der Waals surface area (Å²) in [5.74, 6) is 1.64. The van der Waals surface area contributed by atoms with Gasteiger partial charge < -0.3 is 9.47 Å². The van der Waals surface area contributed by atoms with Crippen LogP contribution in [-0.2, 0) is 21.9 Å². The highest BCUT2D eigenvalue weighted by atomic mass is 32.2. The fraction of sp³-hybridized carbons (Fsp3) is 0.308. The number of nitrogens with one attached hydrogen (secondary N) is 1. The fourth-order valence-corrected chi connectivity index (χ4v) is 5.66. The molecular formula is C26H27NO4S. The quantitative estimate of drug-likeness (QED) is 0.611. The molecule has 0 bridgehead atoms. The average molecular weight is 450 g/mol. The summed E-state index contributed by atoms with van der Waals surface area (Å²) in [4.78, 5) is 0.247. The average Bonchev–Trinajstić information content (AvgIpc) is 3.12. The van der Waals surface area contributed by atoms with Crippen LogP contribution in [0.5, 0.6) is 11.5 Å². The molecule has 3 aromatic rings. The van der Waals surface area contributed by atoms with E-state index in [-0.39, 0.29) is 10.3 Å². The largest absolute Gasteiger partial charge is 0.493 e. The van der Waals surface area contributed by atoms with Crippen molar-refractivity contribution in [3.8, 4) is 11.5 Å². The van der Waals surface area contributed by atoms with E-state index in [1.54, 1.807) is 18.2 Å². The van der Waals surface area contributed by atoms with Crippen LogP contribution in [0.2, 0.25) is 0 Å². The van der Waals surface area contributed by atoms with Crippen LogP contribution < -0.4 is 14.2 Å². The van der Waals surface area contributed by atoms with E-state index < -0.39 is 16.1 Å². The third-order valence-electron chi connectivity index (χ3n) is 6.25. The zero-order valence-electron chi connectivity index (χ0n) is 18.3. The first-order chi connectivity index (χ1) is 15.3. The number of aryl methyl sites for hydroxylation is 1. The van der Waals surface area contributed by atoms with Gasteiger partial charge in [-0.15, -0.1) is 0 Å². The molecule has 0 saturated heterocycles. The first-order valence-electron chi connectivity index (χ1n) is 10.9. The van der Waals surface area contributed by atoms with Crippen LogP contribution in [-0.4, -0.2) is 21.6 Å². The Balaban J connectivity index is 1.54. The number of sulfonamides is 1. The molecule has 5 nitrogen and oxygen atoms in total. The first-order valence-corrected chi connectivity index (χ1v) is 12.4. The molecule has 1 unspecified atom stereocenters. The van der Waals surface area contributed by atoms with E-state index in [9.17, 15) is 8.42 Å². The van der Waals surface area contributed by atoms with Crippen molar-refractivity contribution >= 4 is 10.0 Å². The van der Waals surface area contributed by atoms with Crippen LogP contribution in [0.3, 0.4) is 0 Å². The molecule has 2 aliphatic heterocycles. The lowest BCUT2D eigenvalue weighted by Crippen LogP contribution is -2.30. The van der Waals surface area contributed by atoms with Gasteiger partial charge >= 0.3 is 0 Å². The minimum absolute atomic E-state index is 0.224. The molecule has 2 heterocycles. The topological polar surface area (TPSA) is 64.6 Å². The number of hydrogen-bond acceptors (Lipinski definition) is 4. The van der Waals surface area contributed by atoms with Crippen LogP contribution in [0.25, 0.3) is 0 Å². The lowest BCUT2D eigenvalue weighted by atomic mass is 9.87. The maximum Gasteiger partial charge on any atom is 0.241 e. The second-order valence-corrected chi connectivity index (χ2v) is 10.8. The number of ether oxygens (including phenoxy) is 2. The van der Waals surface area contributed by atoms with E-state index >= 15 is 0 Å². The summed E-state index contributed by atoms with van der Waals surface area (Å²) >= 11 is 0. The van der Waals surface area contributed by atoms with Crippen molar-refractivity contribution in [1.29, 1.82) is 0 Å². The molecule has 3 aromatic carbocycles. The van der Waals surface area contributed by atoms with Gasteiger partial charge in [0.2, 0.25) is 10.0 Å². The summed E-state index contributed by atoms with van der Waals surface area (Å²) in [7, 11) is -3.79. The molecule has 0 radical (unpaired) electrons. The van der Waals surface area contributed by atoms with E-state index in [4.69, 9.17) is 9.47 Å². The molecule has 32 heavy (non-hydrogen) atoms. The predicted octanol–water partition coefficient (Wildman–Crippen LogP) is 4.75. The molecule has 6 heteroatoms. The number of hydrogen-bond donors (Lipinski definition) is 1. The molecule has 0 amide bonds. The Morgan fingerprint density at radius 1 is 0.906 bits per heavy atom. The summed E-state index contributed by atoms with van der Waals surface area (Å²) in [5, 5.41) is 0. The Labute approximate surface area is 189 Å². The van der Waals surface area contributed by atoms with E-state index in [0.29, 0.717) is 6.61 Å². The highest BCUT2D eigenvalue weighted by molar-refractivity contribution is 7.89. The summed E-state index contributed by atoms with van der Waals surface area (Å²) in [5.41, 5.74) is 3.59. The van der Waals surface area contributed by atoms with Gasteiger partial charge in [-0.25, -0.2) is 8.42 Å². The first kappa shape index (κ1) is 21.0. The van der Waals surface area contributed by atoms with Crippen LogP contribution in [0.1, 0.15) is 48.6 Å². The van der Waals surface area contributed by atoms with Gasteiger partial charge in [-0.2, -0.15) is 4.72 Å². The molecule has 0 saturated carbocycles. The SMILES string of the molecule is CC1(C)COc2ccc(S(=O)(=O)NC(c3ccccc3)c3ccc4c(c3)CCCO4)cc21. The molecule has 0 spiro atoms. The third kappa shape index (κ3) is 3.89. The van der Waals surface area contributed by atoms with Gasteiger partial charge in [0.25, 0.3) is 0 Å². The molecule has 0 fully saturated rings. The van der Waals surface area contributed by atoms with Gasteiger partial charge in [-0.1, -0.05) is 56.3 Å². The Morgan fingerprint density at radius 2 is 1.69 bits per heavy atom. The van der Waals surface area contributed by atoms with E-state index in [0.717, 1.165) is 53.2 Å². The van der Waals surface area contributed by atoms with Gasteiger partial charge in [0.15, 0.2) is 0 Å². The van der Waals surface area contributed by atoms with E-state index in [1.165, 1.54) is 0 Å². The van der Waals surface area contributed by atoms with Crippen LogP contribution in [0, 0.1) is 0 Å². The summed E-state index contributed by atoms with van der Waals surface area (Å²) < 4.78 is 41.5. The van der Waals surface area contributed by atoms with Crippen molar-refractivity contribution < 1.29 is 17.9 Å². The van der Waals surface area contributed by atoms with Crippen molar-refractivity contribution in [1.82, 2.24) is 4.72 Å². The number of rotatable bonds is 5. The second kappa shape index (κ2) is 7.94. The Bertz CT molecular complexity index is 1250. The highest BCUT2D eigenvalue weighted by Gasteiger charge is 2.33. The zero-order valence-corrected chi connectivity index (χ0v) is 19.1. The lowest BCUT2D eigenvalue weighted by Gasteiger charge is -2.23. The fourth-order valence-electron chi connectivity index (χ4n) is 4.42. The number of fused-ring (bicyclic) bond motifs is 2. The molecule has 166 valence electrons. The maximum absolute atomic E-state index is 13.5. The molecule has 0 aliphatic carbocycles. The Morgan fingerprint density at radius 3 is 2.50 bits per heavy atom. The van der Waals surface area contributed by atoms with Crippen LogP contribution >= 0.6 is 0 Å². The van der Waals surface area contributed by atoms with Gasteiger partial charge in [0.05, 0.1) is 24.2 Å². The smallest absolute Gasteiger partial charge is 0.241 e. The van der Waals surface area contributed by atoms with Gasteiger partial charge in [0.1, 0.15) is 11.5 Å². The summed E-state index contributed by atoms with van der Waals surface area (Å²) in [6, 6.07) is 20.2. The molecule has 0 aromatic heterocycles. The molecule has 1 atom stereocenters. The van der Waals surface area contributed by atoms with Crippen molar-refractivity contribution in [2.24, 2.45) is 0 Å². The predicted molar refractivity (Wildman–Crippen MR) is 124 cm³/mol. The van der Waals surface area contributed by atoms with E-state index in [1.807, 2.05) is 42.5 Å². The molecule has 2 aliphatic rings. The third-order valence-corrected chi connectivity index (χ3v) is 7.67. The van der Waals surface area contributed by atoms with Crippen molar-refractivity contribution in [2.45, 2.75) is 43.0 Å². The van der Waals surface area contributed by atoms with E-state index in [2.05, 4.69) is 24.6 Å². The van der Waals surface area contributed by atoms with Crippen molar-refractivity contribution in [2.75, 3.05) is 13.2 Å². The monoisotopic (exact) mass is 449 g/mol. The lowest BCUT2D eigenvalue weighted by molar-refractivity contribution is 0.288. The minimum Gasteiger partial charge on any atom is -0.493 e. The molecular weight excluding hydrogens is 422 g/mol. The Hall–Kier alpha value is -2.83. The highest BCUT2D eigenvalue weighted by Crippen LogP contribution is 2.40. The minimum atomic E-state index is -3.79. The van der Waals surface area contributed by atoms with Crippen LogP contribution in [0.4, 0.5) is 0 Å². The van der Waals surface area contributed by atoms with Crippen molar-refractivity contribution in [3.05, 3.63) is 89.0 Å². The summed E-state index contributed by atoms with van der Waals surface area (Å²) in [6.07, 6.45) is 1.89. The Kier molecular flexibility index (Phi) is 5.22. The second-order valence-electron chi connectivity index (χ2n) is 9.11. The van der Waals surface area contributed by atoms with Crippen molar-refractivity contribution in [3.63, 3.8) is 0 Å². The standard InChI is InChI=1S/C26H27NO4S/c1-26(2)17-31-24-13-11-21(16-22(24)26)32(28,29)27-25(18-7-4-3-5-8-18)20-10-12-23-19(15-20)9-6-14-30-23/h3-5,7-8,10-13,15-16,25,27H,6,9,14,17H2,1-2H3. The van der Waals surface area contributed by atoms with Crippen LogP contribution in [0.15, 0.2) is 71.6 Å². The summed E-state index contributed by atoms with van der Waals surface area (Å²) in [6.45, 7) is 5.39.